The largest absolute Gasteiger partial charge is 0.321 e. The predicted octanol–water partition coefficient (Wildman–Crippen LogP) is 11.4. The van der Waals surface area contributed by atoms with Crippen molar-refractivity contribution >= 4 is 60.2 Å². The van der Waals surface area contributed by atoms with E-state index in [2.05, 4.69) is 108 Å². The van der Waals surface area contributed by atoms with Crippen LogP contribution in [0.2, 0.25) is 0 Å². The average Bonchev–Trinajstić information content (AvgIpc) is 3.52. The molecule has 0 N–H and O–H groups in total. The molecule has 0 aromatic carbocycles. The summed E-state index contributed by atoms with van der Waals surface area (Å²) in [7, 11) is 3.30. The van der Waals surface area contributed by atoms with Crippen molar-refractivity contribution in [2.45, 2.75) is 185 Å². The van der Waals surface area contributed by atoms with Gasteiger partial charge in [0.15, 0.2) is 0 Å². The molecule has 0 bridgehead atoms. The van der Waals surface area contributed by atoms with Gasteiger partial charge in [0.05, 0.1) is 66.4 Å². The van der Waals surface area contributed by atoms with Crippen molar-refractivity contribution < 1.29 is 18.1 Å². The molecule has 2 rings (SSSR count). The minimum absolute atomic E-state index is 0.0641. The first-order valence-electron chi connectivity index (χ1n) is 18.0. The standard InChI is InChI=1S/C17H32N3O3PS2.C16H25N4O2PS2.C2H6/c1-12(2)20(13(3)4)24(22-11-9-10-18)23-14-15(16(5,6)19-21)25-26-17(14,7)8;1-12(2)20(13(3)4)23(21-9-7-8-17)22-14-15(5,6)24-25-16(14,10-18)11-19;1-2/h12-15H,9,11H2,1-8H3;12-14H,7,9H2,1-6H3;1-2H3. The van der Waals surface area contributed by atoms with Crippen LogP contribution in [0, 0.1) is 50.2 Å². The van der Waals surface area contributed by atoms with Crippen molar-refractivity contribution in [2.24, 2.45) is 5.18 Å². The Hall–Kier alpha value is -0.420. The molecule has 2 heterocycles. The normalized spacial score (nSPS) is 22.6. The summed E-state index contributed by atoms with van der Waals surface area (Å²) in [5.41, 5.74) is -0.732. The second-order valence-electron chi connectivity index (χ2n) is 14.8. The summed E-state index contributed by atoms with van der Waals surface area (Å²) in [6, 6.07) is 9.28. The molecule has 0 aromatic heterocycles. The SMILES string of the molecule is CC.CC(C)N(C(C)C)P(OCCC#N)OC1C(C(C)(C)N=O)SSC1(C)C.CC(C)N(C(C)C)P(OCCC#N)OC1C(C)(C)SSC1(C#N)C#N. The van der Waals surface area contributed by atoms with Gasteiger partial charge in [0.1, 0.15) is 11.6 Å². The van der Waals surface area contributed by atoms with Gasteiger partial charge in [-0.2, -0.15) is 26.0 Å². The topological polar surface area (TPSA) is 168 Å². The minimum Gasteiger partial charge on any atom is -0.321 e. The van der Waals surface area contributed by atoms with Crippen molar-refractivity contribution in [1.82, 2.24) is 9.34 Å². The summed E-state index contributed by atoms with van der Waals surface area (Å²) in [5.74, 6) is 0. The molecular weight excluding hydrogens is 789 g/mol. The van der Waals surface area contributed by atoms with Crippen molar-refractivity contribution in [3.05, 3.63) is 4.91 Å². The molecule has 2 saturated heterocycles. The third-order valence-corrected chi connectivity index (χ3v) is 19.6. The van der Waals surface area contributed by atoms with E-state index in [4.69, 9.17) is 28.6 Å². The number of nitrogens with zero attached hydrogens (tertiary/aromatic N) is 7. The van der Waals surface area contributed by atoms with Gasteiger partial charge in [-0.25, -0.2) is 9.34 Å². The van der Waals surface area contributed by atoms with E-state index < -0.39 is 38.2 Å². The lowest BCUT2D eigenvalue weighted by atomic mass is 9.91. The van der Waals surface area contributed by atoms with Gasteiger partial charge in [-0.1, -0.05) is 62.2 Å². The molecule has 18 heteroatoms. The maximum absolute atomic E-state index is 11.4. The van der Waals surface area contributed by atoms with Gasteiger partial charge in [0.25, 0.3) is 17.1 Å². The van der Waals surface area contributed by atoms with E-state index in [1.807, 2.05) is 41.5 Å². The van der Waals surface area contributed by atoms with E-state index in [0.29, 0.717) is 13.0 Å². The summed E-state index contributed by atoms with van der Waals surface area (Å²) in [6.07, 6.45) is -0.184. The molecule has 5 atom stereocenters. The van der Waals surface area contributed by atoms with Crippen LogP contribution < -0.4 is 0 Å². The first-order chi connectivity index (χ1) is 24.6. The van der Waals surface area contributed by atoms with Crippen molar-refractivity contribution in [3.63, 3.8) is 0 Å². The zero-order chi connectivity index (χ0) is 41.4. The fraction of sp³-hybridized carbons (Fsp3) is 0.886. The Morgan fingerprint density at radius 3 is 1.49 bits per heavy atom. The van der Waals surface area contributed by atoms with Crippen LogP contribution in [0.15, 0.2) is 5.18 Å². The Bertz CT molecular complexity index is 1260. The van der Waals surface area contributed by atoms with E-state index in [9.17, 15) is 15.4 Å². The van der Waals surface area contributed by atoms with Crippen molar-refractivity contribution in [2.75, 3.05) is 13.2 Å². The maximum Gasteiger partial charge on any atom is 0.259 e. The predicted molar refractivity (Wildman–Crippen MR) is 228 cm³/mol. The lowest BCUT2D eigenvalue weighted by Crippen LogP contribution is -2.47. The van der Waals surface area contributed by atoms with Crippen LogP contribution in [0.25, 0.3) is 0 Å². The summed E-state index contributed by atoms with van der Waals surface area (Å²) < 4.78 is 27.3. The van der Waals surface area contributed by atoms with E-state index in [1.165, 1.54) is 21.6 Å². The third kappa shape index (κ3) is 15.1. The Kier molecular flexibility index (Phi) is 24.2. The van der Waals surface area contributed by atoms with Gasteiger partial charge in [-0.05, 0) is 96.9 Å². The zero-order valence-corrected chi connectivity index (χ0v) is 39.6. The number of rotatable bonds is 18. The molecule has 5 unspecified atom stereocenters. The highest BCUT2D eigenvalue weighted by Crippen LogP contribution is 2.63. The number of nitriles is 4. The van der Waals surface area contributed by atoms with Crippen LogP contribution in [0.5, 0.6) is 0 Å². The average molecular weight is 852 g/mol. The van der Waals surface area contributed by atoms with Gasteiger partial charge in [0, 0.05) is 28.9 Å². The fourth-order valence-corrected chi connectivity index (χ4v) is 16.2. The number of hydrogen-bond acceptors (Lipinski definition) is 16. The van der Waals surface area contributed by atoms with Gasteiger partial charge in [0.2, 0.25) is 4.75 Å². The minimum atomic E-state index is -1.50. The van der Waals surface area contributed by atoms with E-state index in [1.54, 1.807) is 21.6 Å². The molecule has 53 heavy (non-hydrogen) atoms. The summed E-state index contributed by atoms with van der Waals surface area (Å²) >= 11 is 0. The van der Waals surface area contributed by atoms with Crippen LogP contribution in [-0.4, -0.2) is 84.0 Å². The molecule has 0 radical (unpaired) electrons. The first-order valence-corrected chi connectivity index (χ1v) is 24.6. The van der Waals surface area contributed by atoms with Crippen LogP contribution in [0.3, 0.4) is 0 Å². The number of nitroso groups, excluding NO2 is 1. The lowest BCUT2D eigenvalue weighted by Gasteiger charge is -2.40. The highest BCUT2D eigenvalue weighted by atomic mass is 33.1. The Morgan fingerprint density at radius 2 is 1.13 bits per heavy atom. The van der Waals surface area contributed by atoms with Crippen molar-refractivity contribution in [3.8, 4) is 24.3 Å². The highest BCUT2D eigenvalue weighted by Gasteiger charge is 2.59. The molecule has 2 aliphatic heterocycles. The maximum atomic E-state index is 11.4. The Morgan fingerprint density at radius 1 is 0.717 bits per heavy atom. The zero-order valence-electron chi connectivity index (χ0n) is 34.6. The molecule has 0 saturated carbocycles. The molecule has 12 nitrogen and oxygen atoms in total. The van der Waals surface area contributed by atoms with Crippen LogP contribution in [-0.2, 0) is 18.1 Å². The lowest BCUT2D eigenvalue weighted by molar-refractivity contribution is 0.103. The molecule has 302 valence electrons. The van der Waals surface area contributed by atoms with Gasteiger partial charge < -0.3 is 18.1 Å². The number of hydrogen-bond donors (Lipinski definition) is 0. The van der Waals surface area contributed by atoms with Crippen LogP contribution in [0.4, 0.5) is 0 Å². The van der Waals surface area contributed by atoms with Gasteiger partial charge in [-0.3, -0.25) is 0 Å². The second-order valence-corrected chi connectivity index (χ2v) is 23.6. The quantitative estimate of drug-likeness (QED) is 0.0552. The van der Waals surface area contributed by atoms with Crippen LogP contribution in [0.1, 0.15) is 124 Å². The summed E-state index contributed by atoms with van der Waals surface area (Å²) in [5, 5.41) is 40.2. The molecule has 2 aliphatic rings. The Labute approximate surface area is 339 Å². The first kappa shape index (κ1) is 52.6. The van der Waals surface area contributed by atoms with Crippen molar-refractivity contribution in [1.29, 1.82) is 21.0 Å². The molecule has 0 spiro atoms. The van der Waals surface area contributed by atoms with Gasteiger partial charge in [-0.15, -0.1) is 0 Å². The molecule has 0 aromatic rings. The smallest absolute Gasteiger partial charge is 0.259 e. The summed E-state index contributed by atoms with van der Waals surface area (Å²) in [6.45, 7) is 33.2. The monoisotopic (exact) mass is 851 g/mol. The third-order valence-electron chi connectivity index (χ3n) is 7.70. The van der Waals surface area contributed by atoms with E-state index in [0.717, 1.165) is 0 Å². The van der Waals surface area contributed by atoms with Gasteiger partial charge >= 0.3 is 0 Å². The molecule has 2 fully saturated rings. The molecular formula is C35H63N7O5P2S4. The van der Waals surface area contributed by atoms with E-state index in [-0.39, 0.29) is 53.3 Å². The highest BCUT2D eigenvalue weighted by molar-refractivity contribution is 8.78. The second kappa shape index (κ2) is 24.4. The molecule has 0 amide bonds. The van der Waals surface area contributed by atoms with E-state index >= 15 is 0 Å². The summed E-state index contributed by atoms with van der Waals surface area (Å²) in [4.78, 5) is 11.4. The fourth-order valence-electron chi connectivity index (χ4n) is 5.27. The Balaban J connectivity index is 0.000000975. The van der Waals surface area contributed by atoms with Crippen LogP contribution >= 0.6 is 60.2 Å². The molecule has 0 aliphatic carbocycles.